The molecule has 1 aromatic heterocycles. The monoisotopic (exact) mass is 342 g/mol. The highest BCUT2D eigenvalue weighted by Gasteiger charge is 2.13. The number of morpholine rings is 1. The summed E-state index contributed by atoms with van der Waals surface area (Å²) in [6.07, 6.45) is 1.71. The third kappa shape index (κ3) is 5.51. The van der Waals surface area contributed by atoms with Crippen LogP contribution in [0.3, 0.4) is 0 Å². The fourth-order valence-corrected chi connectivity index (χ4v) is 2.51. The molecule has 0 saturated carbocycles. The predicted octanol–water partition coefficient (Wildman–Crippen LogP) is 1.15. The zero-order valence-corrected chi connectivity index (χ0v) is 14.1. The molecule has 3 rings (SSSR count). The van der Waals surface area contributed by atoms with E-state index in [0.29, 0.717) is 25.6 Å². The maximum atomic E-state index is 11.9. The normalized spacial score (nSPS) is 14.3. The maximum Gasteiger partial charge on any atom is 0.246 e. The first-order chi connectivity index (χ1) is 12.3. The molecule has 1 amide bonds. The summed E-state index contributed by atoms with van der Waals surface area (Å²) < 4.78 is 10.8. The number of carbonyl (C=O) groups is 1. The van der Waals surface area contributed by atoms with Crippen molar-refractivity contribution in [1.82, 2.24) is 15.3 Å². The molecular weight excluding hydrogens is 320 g/mol. The van der Waals surface area contributed by atoms with Crippen molar-refractivity contribution in [3.05, 3.63) is 54.0 Å². The van der Waals surface area contributed by atoms with Crippen molar-refractivity contribution < 1.29 is 14.3 Å². The lowest BCUT2D eigenvalue weighted by Gasteiger charge is -2.27. The molecule has 7 nitrogen and oxygen atoms in total. The Hall–Kier alpha value is -2.51. The van der Waals surface area contributed by atoms with Gasteiger partial charge in [0.1, 0.15) is 18.2 Å². The first-order valence-corrected chi connectivity index (χ1v) is 8.34. The summed E-state index contributed by atoms with van der Waals surface area (Å²) in [5.41, 5.74) is 1.04. The Morgan fingerprint density at radius 2 is 2.00 bits per heavy atom. The lowest BCUT2D eigenvalue weighted by molar-refractivity contribution is -0.126. The van der Waals surface area contributed by atoms with Crippen LogP contribution in [0.4, 0.5) is 5.82 Å². The van der Waals surface area contributed by atoms with Crippen LogP contribution >= 0.6 is 0 Å². The van der Waals surface area contributed by atoms with Gasteiger partial charge in [-0.2, -0.15) is 0 Å². The number of ether oxygens (including phenoxy) is 2. The van der Waals surface area contributed by atoms with Gasteiger partial charge >= 0.3 is 0 Å². The molecule has 2 aromatic rings. The highest BCUT2D eigenvalue weighted by atomic mass is 16.5. The van der Waals surface area contributed by atoms with Gasteiger partial charge in [0.2, 0.25) is 5.91 Å². The highest BCUT2D eigenvalue weighted by Crippen LogP contribution is 2.11. The molecule has 1 fully saturated rings. The van der Waals surface area contributed by atoms with E-state index in [1.807, 2.05) is 36.4 Å². The van der Waals surface area contributed by atoms with Gasteiger partial charge in [-0.3, -0.25) is 4.79 Å². The van der Waals surface area contributed by atoms with E-state index in [1.165, 1.54) is 0 Å². The van der Waals surface area contributed by atoms with E-state index >= 15 is 0 Å². The first kappa shape index (κ1) is 17.3. The minimum Gasteiger partial charge on any atom is -0.378 e. The Bertz CT molecular complexity index is 675. The molecule has 0 aliphatic carbocycles. The minimum atomic E-state index is -0.184. The average Bonchev–Trinajstić information content (AvgIpc) is 2.68. The van der Waals surface area contributed by atoms with Crippen molar-refractivity contribution in [2.45, 2.75) is 13.2 Å². The molecule has 0 radical (unpaired) electrons. The van der Waals surface area contributed by atoms with Gasteiger partial charge < -0.3 is 19.7 Å². The Morgan fingerprint density at radius 1 is 1.20 bits per heavy atom. The molecule has 7 heteroatoms. The third-order valence-corrected chi connectivity index (χ3v) is 3.81. The largest absolute Gasteiger partial charge is 0.378 e. The standard InChI is InChI=1S/C18H22N4O3/c23-18(14-25-13-15-4-2-1-3-5-15)20-12-16-19-7-6-17(21-16)22-8-10-24-11-9-22/h1-7H,8-14H2,(H,20,23). The van der Waals surface area contributed by atoms with Gasteiger partial charge in [-0.1, -0.05) is 30.3 Å². The molecule has 0 unspecified atom stereocenters. The first-order valence-electron chi connectivity index (χ1n) is 8.34. The van der Waals surface area contributed by atoms with Crippen LogP contribution in [0, 0.1) is 0 Å². The zero-order chi connectivity index (χ0) is 17.3. The number of carbonyl (C=O) groups excluding carboxylic acids is 1. The number of anilines is 1. The molecule has 25 heavy (non-hydrogen) atoms. The van der Waals surface area contributed by atoms with E-state index in [0.717, 1.165) is 24.5 Å². The van der Waals surface area contributed by atoms with Gasteiger partial charge in [0.25, 0.3) is 0 Å². The SMILES string of the molecule is O=C(COCc1ccccc1)NCc1nccc(N2CCOCC2)n1. The molecule has 1 N–H and O–H groups in total. The second-order valence-electron chi connectivity index (χ2n) is 5.69. The van der Waals surface area contributed by atoms with Crippen LogP contribution in [0.25, 0.3) is 0 Å². The Kier molecular flexibility index (Phi) is 6.30. The topological polar surface area (TPSA) is 76.6 Å². The number of nitrogens with zero attached hydrogens (tertiary/aromatic N) is 3. The van der Waals surface area contributed by atoms with Crippen molar-refractivity contribution in [3.8, 4) is 0 Å². The zero-order valence-electron chi connectivity index (χ0n) is 14.1. The smallest absolute Gasteiger partial charge is 0.246 e. The maximum absolute atomic E-state index is 11.9. The number of nitrogens with one attached hydrogen (secondary N) is 1. The van der Waals surface area contributed by atoms with Crippen molar-refractivity contribution >= 4 is 11.7 Å². The Labute approximate surface area is 147 Å². The molecule has 2 heterocycles. The summed E-state index contributed by atoms with van der Waals surface area (Å²) in [6.45, 7) is 3.75. The van der Waals surface area contributed by atoms with Crippen molar-refractivity contribution in [2.75, 3.05) is 37.8 Å². The molecular formula is C18H22N4O3. The molecule has 1 aromatic carbocycles. The minimum absolute atomic E-state index is 0.0120. The number of rotatable bonds is 7. The van der Waals surface area contributed by atoms with Gasteiger partial charge in [-0.05, 0) is 11.6 Å². The molecule has 1 saturated heterocycles. The van der Waals surface area contributed by atoms with Gasteiger partial charge in [-0.15, -0.1) is 0 Å². The lowest BCUT2D eigenvalue weighted by Crippen LogP contribution is -2.37. The Balaban J connectivity index is 1.42. The van der Waals surface area contributed by atoms with Gasteiger partial charge in [-0.25, -0.2) is 9.97 Å². The molecule has 0 atom stereocenters. The second-order valence-corrected chi connectivity index (χ2v) is 5.69. The van der Waals surface area contributed by atoms with Crippen LogP contribution in [0.5, 0.6) is 0 Å². The van der Waals surface area contributed by atoms with E-state index in [4.69, 9.17) is 9.47 Å². The summed E-state index contributed by atoms with van der Waals surface area (Å²) in [7, 11) is 0. The number of amides is 1. The summed E-state index contributed by atoms with van der Waals surface area (Å²) in [5, 5.41) is 2.78. The van der Waals surface area contributed by atoms with Crippen LogP contribution in [-0.4, -0.2) is 48.8 Å². The van der Waals surface area contributed by atoms with Gasteiger partial charge in [0.15, 0.2) is 0 Å². The average molecular weight is 342 g/mol. The summed E-state index contributed by atoms with van der Waals surface area (Å²) in [4.78, 5) is 22.7. The summed E-state index contributed by atoms with van der Waals surface area (Å²) in [6, 6.07) is 11.6. The van der Waals surface area contributed by atoms with Crippen LogP contribution in [0.1, 0.15) is 11.4 Å². The molecule has 1 aliphatic rings. The molecule has 0 bridgehead atoms. The predicted molar refractivity (Wildman–Crippen MR) is 93.0 cm³/mol. The lowest BCUT2D eigenvalue weighted by atomic mass is 10.2. The summed E-state index contributed by atoms with van der Waals surface area (Å²) >= 11 is 0. The number of hydrogen-bond donors (Lipinski definition) is 1. The van der Waals surface area contributed by atoms with Gasteiger partial charge in [0.05, 0.1) is 26.4 Å². The molecule has 132 valence electrons. The van der Waals surface area contributed by atoms with Crippen molar-refractivity contribution in [3.63, 3.8) is 0 Å². The number of aromatic nitrogens is 2. The quantitative estimate of drug-likeness (QED) is 0.813. The van der Waals surface area contributed by atoms with Crippen molar-refractivity contribution in [2.24, 2.45) is 0 Å². The fourth-order valence-electron chi connectivity index (χ4n) is 2.51. The highest BCUT2D eigenvalue weighted by molar-refractivity contribution is 5.77. The van der Waals surface area contributed by atoms with Crippen LogP contribution in [0.2, 0.25) is 0 Å². The van der Waals surface area contributed by atoms with Gasteiger partial charge in [0, 0.05) is 19.3 Å². The van der Waals surface area contributed by atoms with Crippen molar-refractivity contribution in [1.29, 1.82) is 0 Å². The van der Waals surface area contributed by atoms with E-state index < -0.39 is 0 Å². The van der Waals surface area contributed by atoms with E-state index in [2.05, 4.69) is 20.2 Å². The van der Waals surface area contributed by atoms with E-state index in [-0.39, 0.29) is 19.1 Å². The number of benzene rings is 1. The number of hydrogen-bond acceptors (Lipinski definition) is 6. The summed E-state index contributed by atoms with van der Waals surface area (Å²) in [5.74, 6) is 1.26. The molecule has 0 spiro atoms. The second kappa shape index (κ2) is 9.10. The fraction of sp³-hybridized carbons (Fsp3) is 0.389. The van der Waals surface area contributed by atoms with Crippen LogP contribution in [0.15, 0.2) is 42.6 Å². The van der Waals surface area contributed by atoms with Crippen LogP contribution in [-0.2, 0) is 27.4 Å². The van der Waals surface area contributed by atoms with Crippen LogP contribution < -0.4 is 10.2 Å². The third-order valence-electron chi connectivity index (χ3n) is 3.81. The molecule has 1 aliphatic heterocycles. The van der Waals surface area contributed by atoms with E-state index in [1.54, 1.807) is 6.20 Å². The Morgan fingerprint density at radius 3 is 2.80 bits per heavy atom. The van der Waals surface area contributed by atoms with E-state index in [9.17, 15) is 4.79 Å².